The van der Waals surface area contributed by atoms with Gasteiger partial charge in [-0.05, 0) is 31.9 Å². The molecule has 0 aromatic carbocycles. The molecule has 1 unspecified atom stereocenters. The lowest BCUT2D eigenvalue weighted by Gasteiger charge is -2.29. The Morgan fingerprint density at radius 1 is 1.57 bits per heavy atom. The van der Waals surface area contributed by atoms with Crippen LogP contribution in [-0.2, 0) is 11.2 Å². The number of amides is 1. The minimum Gasteiger partial charge on any atom is -0.459 e. The molecule has 1 N–H and O–H groups in total. The summed E-state index contributed by atoms with van der Waals surface area (Å²) >= 11 is 0. The second-order valence-electron chi connectivity index (χ2n) is 5.31. The molecule has 2 aromatic rings. The van der Waals surface area contributed by atoms with Crippen LogP contribution in [0.3, 0.4) is 0 Å². The normalized spacial score (nSPS) is 19.0. The van der Waals surface area contributed by atoms with Gasteiger partial charge in [-0.15, -0.1) is 0 Å². The van der Waals surface area contributed by atoms with Crippen molar-refractivity contribution in [2.45, 2.75) is 32.3 Å². The fourth-order valence-corrected chi connectivity index (χ4v) is 2.53. The number of piperidine rings is 1. The maximum atomic E-state index is 12.3. The summed E-state index contributed by atoms with van der Waals surface area (Å²) in [5.41, 5.74) is 0.617. The number of aliphatic hydroxyl groups excluding tert-OH is 1. The lowest BCUT2D eigenvalue weighted by atomic mass is 10.1. The third kappa shape index (κ3) is 3.00. The summed E-state index contributed by atoms with van der Waals surface area (Å²) in [4.78, 5) is 18.3. The minimum absolute atomic E-state index is 0.0313. The Balaban J connectivity index is 1.71. The molecule has 6 heteroatoms. The van der Waals surface area contributed by atoms with E-state index in [4.69, 9.17) is 8.83 Å². The molecule has 1 aliphatic heterocycles. The monoisotopic (exact) mass is 290 g/mol. The molecule has 3 heterocycles. The quantitative estimate of drug-likeness (QED) is 0.932. The number of nitrogens with zero attached hydrogens (tertiary/aromatic N) is 2. The Morgan fingerprint density at radius 3 is 3.14 bits per heavy atom. The first-order valence-corrected chi connectivity index (χ1v) is 7.09. The van der Waals surface area contributed by atoms with Crippen LogP contribution in [0.15, 0.2) is 27.2 Å². The van der Waals surface area contributed by atoms with Gasteiger partial charge in [-0.1, -0.05) is 0 Å². The number of aryl methyl sites for hydroxylation is 1. The van der Waals surface area contributed by atoms with Crippen LogP contribution in [0.2, 0.25) is 0 Å². The third-order valence-electron chi connectivity index (χ3n) is 3.69. The standard InChI is InChI=1S/C15H18N2O4/c1-10-12(16-15(21-10)13-5-3-7-20-13)8-14(19)17-6-2-4-11(18)9-17/h3,5,7,11,18H,2,4,6,8-9H2,1H3. The van der Waals surface area contributed by atoms with Crippen molar-refractivity contribution >= 4 is 5.91 Å². The lowest BCUT2D eigenvalue weighted by molar-refractivity contribution is -0.133. The number of hydrogen-bond acceptors (Lipinski definition) is 5. The van der Waals surface area contributed by atoms with Gasteiger partial charge in [-0.25, -0.2) is 4.98 Å². The van der Waals surface area contributed by atoms with Gasteiger partial charge >= 0.3 is 0 Å². The van der Waals surface area contributed by atoms with Crippen molar-refractivity contribution in [3.05, 3.63) is 29.9 Å². The van der Waals surface area contributed by atoms with Crippen LogP contribution < -0.4 is 0 Å². The smallest absolute Gasteiger partial charge is 0.263 e. The van der Waals surface area contributed by atoms with Crippen LogP contribution in [0, 0.1) is 6.92 Å². The average molecular weight is 290 g/mol. The molecule has 1 amide bonds. The van der Waals surface area contributed by atoms with E-state index in [9.17, 15) is 9.90 Å². The number of oxazole rings is 1. The molecular formula is C15H18N2O4. The van der Waals surface area contributed by atoms with E-state index >= 15 is 0 Å². The SMILES string of the molecule is Cc1oc(-c2ccco2)nc1CC(=O)N1CCCC(O)C1. The number of rotatable bonds is 3. The van der Waals surface area contributed by atoms with Crippen molar-refractivity contribution < 1.29 is 18.7 Å². The molecule has 0 bridgehead atoms. The summed E-state index contributed by atoms with van der Waals surface area (Å²) in [6.07, 6.45) is 2.91. The molecule has 6 nitrogen and oxygen atoms in total. The number of carbonyl (C=O) groups excluding carboxylic acids is 1. The van der Waals surface area contributed by atoms with Crippen molar-refractivity contribution in [1.82, 2.24) is 9.88 Å². The summed E-state index contributed by atoms with van der Waals surface area (Å²) in [5.74, 6) is 1.52. The van der Waals surface area contributed by atoms with Crippen molar-refractivity contribution in [1.29, 1.82) is 0 Å². The van der Waals surface area contributed by atoms with E-state index in [0.717, 1.165) is 12.8 Å². The van der Waals surface area contributed by atoms with E-state index in [-0.39, 0.29) is 12.3 Å². The molecule has 0 radical (unpaired) electrons. The van der Waals surface area contributed by atoms with E-state index in [1.54, 1.807) is 30.2 Å². The molecule has 0 spiro atoms. The molecule has 21 heavy (non-hydrogen) atoms. The number of hydrogen-bond donors (Lipinski definition) is 1. The predicted molar refractivity (Wildman–Crippen MR) is 74.5 cm³/mol. The third-order valence-corrected chi connectivity index (χ3v) is 3.69. The maximum Gasteiger partial charge on any atom is 0.263 e. The summed E-state index contributed by atoms with van der Waals surface area (Å²) in [5, 5.41) is 9.64. The van der Waals surface area contributed by atoms with Gasteiger partial charge in [0.15, 0.2) is 5.76 Å². The first-order chi connectivity index (χ1) is 10.1. The van der Waals surface area contributed by atoms with Gasteiger partial charge in [0.05, 0.1) is 24.5 Å². The van der Waals surface area contributed by atoms with Gasteiger partial charge in [-0.2, -0.15) is 0 Å². The van der Waals surface area contributed by atoms with E-state index in [1.807, 2.05) is 0 Å². The van der Waals surface area contributed by atoms with Crippen molar-refractivity contribution in [2.75, 3.05) is 13.1 Å². The Hall–Kier alpha value is -2.08. The zero-order valence-electron chi connectivity index (χ0n) is 11.9. The highest BCUT2D eigenvalue weighted by Gasteiger charge is 2.24. The van der Waals surface area contributed by atoms with Crippen LogP contribution in [0.1, 0.15) is 24.3 Å². The molecule has 1 atom stereocenters. The number of carbonyl (C=O) groups is 1. The first kappa shape index (κ1) is 13.9. The van der Waals surface area contributed by atoms with Crippen LogP contribution >= 0.6 is 0 Å². The molecule has 1 aliphatic rings. The van der Waals surface area contributed by atoms with Gasteiger partial charge in [0.25, 0.3) is 5.89 Å². The fraction of sp³-hybridized carbons (Fsp3) is 0.467. The summed E-state index contributed by atoms with van der Waals surface area (Å²) in [7, 11) is 0. The van der Waals surface area contributed by atoms with Crippen molar-refractivity contribution in [2.24, 2.45) is 0 Å². The summed E-state index contributed by atoms with van der Waals surface area (Å²) in [6, 6.07) is 3.52. The zero-order valence-corrected chi connectivity index (χ0v) is 11.9. The average Bonchev–Trinajstić information content (AvgIpc) is 3.09. The van der Waals surface area contributed by atoms with E-state index in [0.29, 0.717) is 36.2 Å². The Bertz CT molecular complexity index is 618. The molecular weight excluding hydrogens is 272 g/mol. The minimum atomic E-state index is -0.417. The van der Waals surface area contributed by atoms with E-state index in [2.05, 4.69) is 4.98 Å². The molecule has 0 aliphatic carbocycles. The van der Waals surface area contributed by atoms with Gasteiger partial charge in [0, 0.05) is 13.1 Å². The van der Waals surface area contributed by atoms with Crippen LogP contribution in [0.5, 0.6) is 0 Å². The van der Waals surface area contributed by atoms with Gasteiger partial charge < -0.3 is 18.8 Å². The molecule has 2 aromatic heterocycles. The number of β-amino-alcohol motifs (C(OH)–C–C–N with tert-alkyl or cyclic N) is 1. The molecule has 3 rings (SSSR count). The van der Waals surface area contributed by atoms with E-state index < -0.39 is 6.10 Å². The Labute approximate surface area is 122 Å². The predicted octanol–water partition coefficient (Wildman–Crippen LogP) is 1.77. The number of aromatic nitrogens is 1. The summed E-state index contributed by atoms with van der Waals surface area (Å²) < 4.78 is 10.8. The van der Waals surface area contributed by atoms with Crippen LogP contribution in [-0.4, -0.2) is 40.1 Å². The van der Waals surface area contributed by atoms with Crippen molar-refractivity contribution in [3.63, 3.8) is 0 Å². The highest BCUT2D eigenvalue weighted by atomic mass is 16.4. The Kier molecular flexibility index (Phi) is 3.79. The first-order valence-electron chi connectivity index (χ1n) is 7.09. The topological polar surface area (TPSA) is 79.7 Å². The highest BCUT2D eigenvalue weighted by Crippen LogP contribution is 2.23. The van der Waals surface area contributed by atoms with Gasteiger partial charge in [0.1, 0.15) is 5.76 Å². The van der Waals surface area contributed by atoms with E-state index in [1.165, 1.54) is 0 Å². The maximum absolute atomic E-state index is 12.3. The second kappa shape index (κ2) is 5.73. The zero-order chi connectivity index (χ0) is 14.8. The number of likely N-dealkylation sites (tertiary alicyclic amines) is 1. The number of aliphatic hydroxyl groups is 1. The molecule has 1 fully saturated rings. The highest BCUT2D eigenvalue weighted by molar-refractivity contribution is 5.78. The largest absolute Gasteiger partial charge is 0.459 e. The van der Waals surface area contributed by atoms with Crippen molar-refractivity contribution in [3.8, 4) is 11.7 Å². The second-order valence-corrected chi connectivity index (χ2v) is 5.31. The van der Waals surface area contributed by atoms with Gasteiger partial charge in [-0.3, -0.25) is 4.79 Å². The molecule has 0 saturated carbocycles. The van der Waals surface area contributed by atoms with Crippen LogP contribution in [0.25, 0.3) is 11.7 Å². The lowest BCUT2D eigenvalue weighted by Crippen LogP contribution is -2.42. The Morgan fingerprint density at radius 2 is 2.43 bits per heavy atom. The van der Waals surface area contributed by atoms with Gasteiger partial charge in [0.2, 0.25) is 5.91 Å². The summed E-state index contributed by atoms with van der Waals surface area (Å²) in [6.45, 7) is 2.88. The molecule has 112 valence electrons. The fourth-order valence-electron chi connectivity index (χ4n) is 2.53. The van der Waals surface area contributed by atoms with Crippen LogP contribution in [0.4, 0.5) is 0 Å². The number of furan rings is 1. The molecule has 1 saturated heterocycles.